The van der Waals surface area contributed by atoms with Crippen molar-refractivity contribution in [2.75, 3.05) is 13.2 Å². The topological polar surface area (TPSA) is 31.4 Å². The van der Waals surface area contributed by atoms with Crippen molar-refractivity contribution in [3.63, 3.8) is 0 Å². The molecule has 0 spiro atoms. The molecule has 92 valence electrons. The van der Waals surface area contributed by atoms with Crippen molar-refractivity contribution in [3.05, 3.63) is 53.3 Å². The average molecular weight is 262 g/mol. The van der Waals surface area contributed by atoms with Gasteiger partial charge in [-0.1, -0.05) is 29.8 Å². The van der Waals surface area contributed by atoms with Crippen LogP contribution in [-0.4, -0.2) is 18.2 Å². The molecule has 0 amide bonds. The number of halogens is 1. The molecule has 0 saturated heterocycles. The van der Waals surface area contributed by atoms with E-state index in [9.17, 15) is 0 Å². The van der Waals surface area contributed by atoms with Gasteiger partial charge >= 0.3 is 0 Å². The summed E-state index contributed by atoms with van der Waals surface area (Å²) in [5.74, 6) is 1.96. The number of nitrogens with zero attached hydrogens (tertiary/aromatic N) is 1. The van der Waals surface area contributed by atoms with E-state index in [1.807, 2.05) is 24.3 Å². The predicted molar refractivity (Wildman–Crippen MR) is 69.4 cm³/mol. The Morgan fingerprint density at radius 1 is 1.28 bits per heavy atom. The molecule has 1 aliphatic heterocycles. The first kappa shape index (κ1) is 11.4. The van der Waals surface area contributed by atoms with Crippen LogP contribution in [0.3, 0.4) is 0 Å². The van der Waals surface area contributed by atoms with Crippen molar-refractivity contribution in [1.82, 2.24) is 4.98 Å². The second kappa shape index (κ2) is 4.86. The molecule has 1 aromatic carbocycles. The molecular weight excluding hydrogens is 250 g/mol. The summed E-state index contributed by atoms with van der Waals surface area (Å²) >= 11 is 5.72. The van der Waals surface area contributed by atoms with E-state index in [4.69, 9.17) is 21.1 Å². The highest BCUT2D eigenvalue weighted by atomic mass is 35.5. The second-order valence-corrected chi connectivity index (χ2v) is 4.56. The molecule has 1 aliphatic rings. The van der Waals surface area contributed by atoms with Crippen LogP contribution in [-0.2, 0) is 0 Å². The lowest BCUT2D eigenvalue weighted by molar-refractivity contribution is 0.248. The molecule has 1 atom stereocenters. The number of benzene rings is 1. The summed E-state index contributed by atoms with van der Waals surface area (Å²) in [6.07, 6.45) is 1.63. The minimum atomic E-state index is 0.275. The van der Waals surface area contributed by atoms with Gasteiger partial charge in [0.15, 0.2) is 0 Å². The zero-order valence-corrected chi connectivity index (χ0v) is 10.4. The number of para-hydroxylation sites is 1. The Hall–Kier alpha value is -1.74. The third-order valence-corrected chi connectivity index (χ3v) is 3.17. The van der Waals surface area contributed by atoms with Gasteiger partial charge in [-0.2, -0.15) is 0 Å². The molecule has 4 heteroatoms. The molecule has 0 radical (unpaired) electrons. The summed E-state index contributed by atoms with van der Waals surface area (Å²) in [5, 5.41) is 0.469. The molecule has 0 saturated carbocycles. The lowest BCUT2D eigenvalue weighted by Gasteiger charge is -2.10. The smallest absolute Gasteiger partial charge is 0.137 e. The van der Waals surface area contributed by atoms with Gasteiger partial charge in [-0.05, 0) is 18.2 Å². The molecule has 2 aromatic rings. The zero-order chi connectivity index (χ0) is 12.4. The first-order chi connectivity index (χ1) is 8.83. The van der Waals surface area contributed by atoms with Gasteiger partial charge < -0.3 is 9.47 Å². The number of pyridine rings is 1. The van der Waals surface area contributed by atoms with Crippen molar-refractivity contribution in [3.8, 4) is 11.5 Å². The Labute approximate surface area is 110 Å². The van der Waals surface area contributed by atoms with Crippen molar-refractivity contribution in [2.45, 2.75) is 5.92 Å². The summed E-state index contributed by atoms with van der Waals surface area (Å²) < 4.78 is 11.3. The van der Waals surface area contributed by atoms with Crippen LogP contribution < -0.4 is 9.47 Å². The predicted octanol–water partition coefficient (Wildman–Crippen LogP) is 3.29. The van der Waals surface area contributed by atoms with Crippen molar-refractivity contribution < 1.29 is 9.47 Å². The molecule has 18 heavy (non-hydrogen) atoms. The van der Waals surface area contributed by atoms with Gasteiger partial charge in [-0.25, -0.2) is 4.98 Å². The number of rotatable bonds is 3. The molecule has 0 fully saturated rings. The van der Waals surface area contributed by atoms with Gasteiger partial charge in [-0.15, -0.1) is 0 Å². The van der Waals surface area contributed by atoms with Crippen LogP contribution in [0.5, 0.6) is 11.5 Å². The molecule has 1 unspecified atom stereocenters. The van der Waals surface area contributed by atoms with Crippen LogP contribution >= 0.6 is 11.6 Å². The van der Waals surface area contributed by atoms with Gasteiger partial charge in [0.25, 0.3) is 0 Å². The monoisotopic (exact) mass is 261 g/mol. The Kier molecular flexibility index (Phi) is 3.07. The van der Waals surface area contributed by atoms with Crippen LogP contribution in [0.25, 0.3) is 0 Å². The van der Waals surface area contributed by atoms with E-state index in [2.05, 4.69) is 11.1 Å². The normalized spacial score (nSPS) is 17.1. The Morgan fingerprint density at radius 2 is 2.17 bits per heavy atom. The Morgan fingerprint density at radius 3 is 3.00 bits per heavy atom. The van der Waals surface area contributed by atoms with Crippen LogP contribution in [0.2, 0.25) is 5.15 Å². The molecule has 2 heterocycles. The SMILES string of the molecule is Clc1ccc(OCC2COc3ccccc32)cn1. The summed E-state index contributed by atoms with van der Waals surface area (Å²) in [7, 11) is 0. The van der Waals surface area contributed by atoms with E-state index >= 15 is 0 Å². The van der Waals surface area contributed by atoms with E-state index < -0.39 is 0 Å². The second-order valence-electron chi connectivity index (χ2n) is 4.17. The third-order valence-electron chi connectivity index (χ3n) is 2.95. The minimum Gasteiger partial charge on any atom is -0.493 e. The maximum absolute atomic E-state index is 5.72. The fraction of sp³-hybridized carbons (Fsp3) is 0.214. The average Bonchev–Trinajstić information content (AvgIpc) is 2.82. The standard InChI is InChI=1S/C14H12ClNO2/c15-14-6-5-11(7-16-14)17-8-10-9-18-13-4-2-1-3-12(10)13/h1-7,10H,8-9H2. The number of hydrogen-bond acceptors (Lipinski definition) is 3. The molecule has 0 bridgehead atoms. The molecule has 1 aromatic heterocycles. The van der Waals surface area contributed by atoms with Crippen LogP contribution in [0.4, 0.5) is 0 Å². The summed E-state index contributed by atoms with van der Waals surface area (Å²) in [6.45, 7) is 1.25. The van der Waals surface area contributed by atoms with Crippen molar-refractivity contribution >= 4 is 11.6 Å². The van der Waals surface area contributed by atoms with E-state index in [-0.39, 0.29) is 5.92 Å². The van der Waals surface area contributed by atoms with Crippen molar-refractivity contribution in [1.29, 1.82) is 0 Å². The first-order valence-electron chi connectivity index (χ1n) is 5.79. The lowest BCUT2D eigenvalue weighted by Crippen LogP contribution is -2.11. The molecular formula is C14H12ClNO2. The summed E-state index contributed by atoms with van der Waals surface area (Å²) in [4.78, 5) is 3.98. The molecule has 3 nitrogen and oxygen atoms in total. The number of ether oxygens (including phenoxy) is 2. The van der Waals surface area contributed by atoms with Gasteiger partial charge in [0, 0.05) is 5.56 Å². The fourth-order valence-electron chi connectivity index (χ4n) is 2.01. The Bertz CT molecular complexity index is 542. The van der Waals surface area contributed by atoms with E-state index in [0.717, 1.165) is 11.5 Å². The van der Waals surface area contributed by atoms with Gasteiger partial charge in [0.2, 0.25) is 0 Å². The van der Waals surface area contributed by atoms with E-state index in [0.29, 0.717) is 18.4 Å². The first-order valence-corrected chi connectivity index (χ1v) is 6.17. The van der Waals surface area contributed by atoms with E-state index in [1.165, 1.54) is 5.56 Å². The number of fused-ring (bicyclic) bond motifs is 1. The third kappa shape index (κ3) is 2.27. The zero-order valence-electron chi connectivity index (χ0n) is 9.67. The van der Waals surface area contributed by atoms with Crippen LogP contribution in [0.15, 0.2) is 42.6 Å². The number of hydrogen-bond donors (Lipinski definition) is 0. The van der Waals surface area contributed by atoms with E-state index in [1.54, 1.807) is 12.3 Å². The molecule has 0 aliphatic carbocycles. The van der Waals surface area contributed by atoms with Crippen molar-refractivity contribution in [2.24, 2.45) is 0 Å². The van der Waals surface area contributed by atoms with Crippen LogP contribution in [0, 0.1) is 0 Å². The molecule has 0 N–H and O–H groups in total. The summed E-state index contributed by atoms with van der Waals surface area (Å²) in [5.41, 5.74) is 1.21. The number of aromatic nitrogens is 1. The lowest BCUT2D eigenvalue weighted by atomic mass is 10.0. The summed E-state index contributed by atoms with van der Waals surface area (Å²) in [6, 6.07) is 11.6. The Balaban J connectivity index is 1.67. The highest BCUT2D eigenvalue weighted by Crippen LogP contribution is 2.33. The maximum Gasteiger partial charge on any atom is 0.137 e. The van der Waals surface area contributed by atoms with Gasteiger partial charge in [-0.3, -0.25) is 0 Å². The van der Waals surface area contributed by atoms with Crippen LogP contribution in [0.1, 0.15) is 11.5 Å². The van der Waals surface area contributed by atoms with Gasteiger partial charge in [0.1, 0.15) is 16.7 Å². The highest BCUT2D eigenvalue weighted by molar-refractivity contribution is 6.29. The molecule has 3 rings (SSSR count). The minimum absolute atomic E-state index is 0.275. The van der Waals surface area contributed by atoms with Gasteiger partial charge in [0.05, 0.1) is 25.3 Å². The maximum atomic E-state index is 5.72. The quantitative estimate of drug-likeness (QED) is 0.795. The fourth-order valence-corrected chi connectivity index (χ4v) is 2.12. The largest absolute Gasteiger partial charge is 0.493 e. The highest BCUT2D eigenvalue weighted by Gasteiger charge is 2.24.